The van der Waals surface area contributed by atoms with Crippen LogP contribution < -0.4 is 10.6 Å². The van der Waals surface area contributed by atoms with Crippen molar-refractivity contribution in [1.29, 1.82) is 5.26 Å². The number of rotatable bonds is 6. The third-order valence-electron chi connectivity index (χ3n) is 4.51. The molecule has 0 aliphatic carbocycles. The van der Waals surface area contributed by atoms with Gasteiger partial charge in [-0.2, -0.15) is 5.26 Å². The molecular weight excluding hydrogens is 367 g/mol. The summed E-state index contributed by atoms with van der Waals surface area (Å²) in [6.07, 6.45) is 0.538. The first kappa shape index (κ1) is 22.3. The molecule has 1 heterocycles. The van der Waals surface area contributed by atoms with Crippen LogP contribution in [0.5, 0.6) is 0 Å². The van der Waals surface area contributed by atoms with Crippen molar-refractivity contribution >= 4 is 30.5 Å². The molecule has 1 aliphatic heterocycles. The van der Waals surface area contributed by atoms with Crippen LogP contribution >= 0.6 is 24.8 Å². The van der Waals surface area contributed by atoms with Gasteiger partial charge in [0.05, 0.1) is 12.5 Å². The number of halogens is 2. The molecule has 1 saturated heterocycles. The maximum Gasteiger partial charge on any atom is 0.0641 e. The summed E-state index contributed by atoms with van der Waals surface area (Å²) in [5, 5.41) is 16.0. The van der Waals surface area contributed by atoms with Crippen molar-refractivity contribution in [1.82, 2.24) is 10.2 Å². The summed E-state index contributed by atoms with van der Waals surface area (Å²) in [5.74, 6) is 0. The van der Waals surface area contributed by atoms with Gasteiger partial charge < -0.3 is 10.6 Å². The monoisotopic (exact) mass is 392 g/mol. The van der Waals surface area contributed by atoms with Gasteiger partial charge in [-0.1, -0.05) is 42.5 Å². The van der Waals surface area contributed by atoms with Crippen LogP contribution in [0.3, 0.4) is 0 Å². The zero-order valence-corrected chi connectivity index (χ0v) is 16.4. The number of anilines is 1. The first-order valence-corrected chi connectivity index (χ1v) is 8.56. The zero-order chi connectivity index (χ0) is 16.6. The lowest BCUT2D eigenvalue weighted by Crippen LogP contribution is -2.45. The molecule has 2 N–H and O–H groups in total. The van der Waals surface area contributed by atoms with E-state index >= 15 is 0 Å². The minimum Gasteiger partial charge on any atom is -0.381 e. The molecule has 0 bridgehead atoms. The maximum atomic E-state index is 9.19. The summed E-state index contributed by atoms with van der Waals surface area (Å²) < 4.78 is 0. The van der Waals surface area contributed by atoms with Crippen molar-refractivity contribution < 1.29 is 0 Å². The second-order valence-corrected chi connectivity index (χ2v) is 6.13. The number of nitriles is 1. The highest BCUT2D eigenvalue weighted by molar-refractivity contribution is 5.85. The molecule has 1 fully saturated rings. The first-order valence-electron chi connectivity index (χ1n) is 8.56. The molecule has 0 radical (unpaired) electrons. The van der Waals surface area contributed by atoms with Crippen LogP contribution in [0.2, 0.25) is 0 Å². The second kappa shape index (κ2) is 11.8. The Bertz CT molecular complexity index is 664. The Balaban J connectivity index is 0.00000169. The van der Waals surface area contributed by atoms with Crippen LogP contribution in [0.15, 0.2) is 54.6 Å². The lowest BCUT2D eigenvalue weighted by atomic mass is 10.0. The Kier molecular flexibility index (Phi) is 10.1. The van der Waals surface area contributed by atoms with Gasteiger partial charge in [-0.15, -0.1) is 24.8 Å². The number of nitrogens with zero attached hydrogens (tertiary/aromatic N) is 2. The summed E-state index contributed by atoms with van der Waals surface area (Å²) in [5.41, 5.74) is 3.60. The lowest BCUT2D eigenvalue weighted by molar-refractivity contribution is 0.175. The van der Waals surface area contributed by atoms with Crippen LogP contribution in [-0.4, -0.2) is 31.1 Å². The minimum absolute atomic E-state index is 0. The van der Waals surface area contributed by atoms with Gasteiger partial charge in [0.25, 0.3) is 0 Å². The minimum atomic E-state index is 0. The van der Waals surface area contributed by atoms with E-state index in [1.54, 1.807) is 0 Å². The van der Waals surface area contributed by atoms with E-state index in [9.17, 15) is 5.26 Å². The van der Waals surface area contributed by atoms with Crippen LogP contribution in [-0.2, 0) is 6.54 Å². The third-order valence-corrected chi connectivity index (χ3v) is 4.51. The Labute approximate surface area is 168 Å². The molecule has 2 aromatic rings. The van der Waals surface area contributed by atoms with Gasteiger partial charge in [0.1, 0.15) is 0 Å². The SMILES string of the molecule is Cl.Cl.N#CC[C@@H](c1ccc(NCc2ccccc2)cc1)N1CCNCC1. The standard InChI is InChI=1S/C20H24N4.2ClH/c21-11-10-20(24-14-12-22-13-15-24)18-6-8-19(9-7-18)23-16-17-4-2-1-3-5-17;;/h1-9,20,22-23H,10,12-16H2;2*1H/t20-;;/m0../s1. The van der Waals surface area contributed by atoms with Crippen LogP contribution in [0.4, 0.5) is 5.69 Å². The highest BCUT2D eigenvalue weighted by atomic mass is 35.5. The van der Waals surface area contributed by atoms with Crippen LogP contribution in [0.1, 0.15) is 23.6 Å². The summed E-state index contributed by atoms with van der Waals surface area (Å²) in [6.45, 7) is 4.82. The molecule has 140 valence electrons. The Morgan fingerprint density at radius 1 is 1.00 bits per heavy atom. The fourth-order valence-corrected chi connectivity index (χ4v) is 3.16. The molecule has 3 rings (SSSR count). The van der Waals surface area contributed by atoms with E-state index in [1.165, 1.54) is 11.1 Å². The Hall–Kier alpha value is -1.77. The number of nitrogens with one attached hydrogen (secondary N) is 2. The molecule has 26 heavy (non-hydrogen) atoms. The average Bonchev–Trinajstić information content (AvgIpc) is 2.66. The molecule has 4 nitrogen and oxygen atoms in total. The number of hydrogen-bond donors (Lipinski definition) is 2. The highest BCUT2D eigenvalue weighted by Gasteiger charge is 2.21. The predicted octanol–water partition coefficient (Wildman–Crippen LogP) is 4.00. The van der Waals surface area contributed by atoms with Gasteiger partial charge in [0, 0.05) is 44.5 Å². The van der Waals surface area contributed by atoms with Crippen LogP contribution in [0.25, 0.3) is 0 Å². The van der Waals surface area contributed by atoms with Crippen molar-refractivity contribution in [3.05, 3.63) is 65.7 Å². The van der Waals surface area contributed by atoms with Gasteiger partial charge in [0.15, 0.2) is 0 Å². The third kappa shape index (κ3) is 6.19. The highest BCUT2D eigenvalue weighted by Crippen LogP contribution is 2.25. The number of piperazine rings is 1. The van der Waals surface area contributed by atoms with E-state index in [2.05, 4.69) is 70.1 Å². The van der Waals surface area contributed by atoms with Crippen molar-refractivity contribution in [2.24, 2.45) is 0 Å². The van der Waals surface area contributed by atoms with E-state index in [-0.39, 0.29) is 30.9 Å². The normalized spacial score (nSPS) is 15.0. The largest absolute Gasteiger partial charge is 0.381 e. The second-order valence-electron chi connectivity index (χ2n) is 6.13. The molecule has 1 aliphatic rings. The summed E-state index contributed by atoms with van der Waals surface area (Å²) in [7, 11) is 0. The average molecular weight is 393 g/mol. The van der Waals surface area contributed by atoms with E-state index in [1.807, 2.05) is 6.07 Å². The van der Waals surface area contributed by atoms with Crippen molar-refractivity contribution in [2.45, 2.75) is 19.0 Å². The Morgan fingerprint density at radius 2 is 1.65 bits per heavy atom. The fourth-order valence-electron chi connectivity index (χ4n) is 3.16. The first-order chi connectivity index (χ1) is 11.9. The quantitative estimate of drug-likeness (QED) is 0.779. The predicted molar refractivity (Wildman–Crippen MR) is 112 cm³/mol. The number of benzene rings is 2. The fraction of sp³-hybridized carbons (Fsp3) is 0.350. The molecule has 1 atom stereocenters. The van der Waals surface area contributed by atoms with Gasteiger partial charge in [-0.05, 0) is 23.3 Å². The topological polar surface area (TPSA) is 51.1 Å². The van der Waals surface area contributed by atoms with Crippen molar-refractivity contribution in [2.75, 3.05) is 31.5 Å². The van der Waals surface area contributed by atoms with Gasteiger partial charge >= 0.3 is 0 Å². The lowest BCUT2D eigenvalue weighted by Gasteiger charge is -2.34. The summed E-state index contributed by atoms with van der Waals surface area (Å²) in [4.78, 5) is 2.41. The van der Waals surface area contributed by atoms with E-state index in [4.69, 9.17) is 0 Å². The molecular formula is C20H26Cl2N4. The molecule has 0 unspecified atom stereocenters. The molecule has 0 aromatic heterocycles. The molecule has 0 saturated carbocycles. The van der Waals surface area contributed by atoms with Gasteiger partial charge in [-0.3, -0.25) is 4.90 Å². The Morgan fingerprint density at radius 3 is 2.27 bits per heavy atom. The number of hydrogen-bond acceptors (Lipinski definition) is 4. The summed E-state index contributed by atoms with van der Waals surface area (Å²) >= 11 is 0. The smallest absolute Gasteiger partial charge is 0.0641 e. The van der Waals surface area contributed by atoms with E-state index in [0.29, 0.717) is 6.42 Å². The van der Waals surface area contributed by atoms with E-state index < -0.39 is 0 Å². The van der Waals surface area contributed by atoms with Gasteiger partial charge in [-0.25, -0.2) is 0 Å². The van der Waals surface area contributed by atoms with Crippen LogP contribution in [0, 0.1) is 11.3 Å². The zero-order valence-electron chi connectivity index (χ0n) is 14.7. The molecule has 0 spiro atoms. The van der Waals surface area contributed by atoms with Crippen molar-refractivity contribution in [3.8, 4) is 6.07 Å². The van der Waals surface area contributed by atoms with Crippen molar-refractivity contribution in [3.63, 3.8) is 0 Å². The van der Waals surface area contributed by atoms with Gasteiger partial charge in [0.2, 0.25) is 0 Å². The molecule has 6 heteroatoms. The molecule has 2 aromatic carbocycles. The maximum absolute atomic E-state index is 9.19. The molecule has 0 amide bonds. The van der Waals surface area contributed by atoms with E-state index in [0.717, 1.165) is 38.4 Å². The summed E-state index contributed by atoms with van der Waals surface area (Å²) in [6, 6.07) is 21.5.